The van der Waals surface area contributed by atoms with Crippen LogP contribution in [0.15, 0.2) is 51.4 Å². The van der Waals surface area contributed by atoms with Crippen molar-refractivity contribution < 1.29 is 13.7 Å². The highest BCUT2D eigenvalue weighted by molar-refractivity contribution is 7.93. The molecule has 1 atom stereocenters. The van der Waals surface area contributed by atoms with Crippen LogP contribution in [0.2, 0.25) is 0 Å². The minimum atomic E-state index is -2.55. The largest absolute Gasteiger partial charge is 0.462 e. The third-order valence-corrected chi connectivity index (χ3v) is 5.45. The van der Waals surface area contributed by atoms with Crippen LogP contribution in [0.4, 0.5) is 0 Å². The Morgan fingerprint density at radius 3 is 2.50 bits per heavy atom. The van der Waals surface area contributed by atoms with Crippen LogP contribution in [0, 0.1) is 0 Å². The van der Waals surface area contributed by atoms with Gasteiger partial charge in [0.15, 0.2) is 0 Å². The van der Waals surface area contributed by atoms with Crippen LogP contribution in [0.1, 0.15) is 19.4 Å². The minimum absolute atomic E-state index is 0.292. The lowest BCUT2D eigenvalue weighted by Gasteiger charge is -2.20. The molecule has 1 heterocycles. The Hall–Kier alpha value is -2.14. The molecule has 22 heavy (non-hydrogen) atoms. The van der Waals surface area contributed by atoms with E-state index in [-0.39, 0.29) is 0 Å². The molecule has 0 radical (unpaired) electrons. The summed E-state index contributed by atoms with van der Waals surface area (Å²) >= 11 is 0. The number of carbonyl (C=O) groups excluding carboxylic acids is 1. The van der Waals surface area contributed by atoms with Crippen LogP contribution in [-0.4, -0.2) is 23.0 Å². The molecule has 2 aromatic rings. The normalized spacial score (nSPS) is 20.5. The number of hydrogen-bond donors (Lipinski definition) is 0. The lowest BCUT2D eigenvalue weighted by Crippen LogP contribution is -2.15. The monoisotopic (exact) mass is 315 g/mol. The van der Waals surface area contributed by atoms with E-state index in [1.54, 1.807) is 20.1 Å². The summed E-state index contributed by atoms with van der Waals surface area (Å²) in [7, 11) is -2.55. The maximum absolute atomic E-state index is 12.9. The molecule has 0 aliphatic carbocycles. The van der Waals surface area contributed by atoms with Gasteiger partial charge in [-0.1, -0.05) is 24.3 Å². The Labute approximate surface area is 130 Å². The van der Waals surface area contributed by atoms with E-state index in [1.165, 1.54) is 0 Å². The number of fused-ring (bicyclic) bond motifs is 2. The zero-order valence-electron chi connectivity index (χ0n) is 12.8. The summed E-state index contributed by atoms with van der Waals surface area (Å²) in [5.74, 6) is -0.421. The Kier molecular flexibility index (Phi) is 3.53. The van der Waals surface area contributed by atoms with Crippen LogP contribution in [0.25, 0.3) is 16.3 Å². The van der Waals surface area contributed by atoms with E-state index in [1.807, 2.05) is 36.4 Å². The maximum atomic E-state index is 12.9. The lowest BCUT2D eigenvalue weighted by atomic mass is 9.99. The second kappa shape index (κ2) is 5.25. The molecule has 0 aromatic heterocycles. The summed E-state index contributed by atoms with van der Waals surface area (Å²) in [5.41, 5.74) is 1.54. The number of nitrogens with zero attached hydrogens (tertiary/aromatic N) is 1. The first-order valence-electron chi connectivity index (χ1n) is 7.07. The van der Waals surface area contributed by atoms with Gasteiger partial charge in [0.1, 0.15) is 0 Å². The molecule has 0 bridgehead atoms. The van der Waals surface area contributed by atoms with E-state index in [4.69, 9.17) is 4.74 Å². The SMILES string of the molecule is CCOC(=O)C1=C(C)N=S(C)(=O)c2cc3ccccc3cc21. The molecule has 0 saturated heterocycles. The first-order chi connectivity index (χ1) is 10.4. The fourth-order valence-corrected chi connectivity index (χ4v) is 4.37. The van der Waals surface area contributed by atoms with Gasteiger partial charge in [0.25, 0.3) is 0 Å². The highest BCUT2D eigenvalue weighted by Crippen LogP contribution is 2.36. The fraction of sp³-hybridized carbons (Fsp3) is 0.235. The van der Waals surface area contributed by atoms with Crippen molar-refractivity contribution in [1.29, 1.82) is 0 Å². The summed E-state index contributed by atoms with van der Waals surface area (Å²) in [6, 6.07) is 11.6. The van der Waals surface area contributed by atoms with Gasteiger partial charge in [-0.25, -0.2) is 9.00 Å². The second-order valence-corrected chi connectivity index (χ2v) is 7.50. The van der Waals surface area contributed by atoms with E-state index in [0.29, 0.717) is 28.3 Å². The van der Waals surface area contributed by atoms with Gasteiger partial charge in [-0.05, 0) is 36.8 Å². The number of hydrogen-bond acceptors (Lipinski definition) is 4. The van der Waals surface area contributed by atoms with E-state index in [9.17, 15) is 9.00 Å². The van der Waals surface area contributed by atoms with Crippen molar-refractivity contribution in [3.05, 3.63) is 47.7 Å². The number of carbonyl (C=O) groups is 1. The molecule has 1 aliphatic rings. The molecule has 0 spiro atoms. The van der Waals surface area contributed by atoms with Gasteiger partial charge in [0.2, 0.25) is 0 Å². The average Bonchev–Trinajstić information content (AvgIpc) is 2.45. The van der Waals surface area contributed by atoms with Gasteiger partial charge in [0, 0.05) is 11.8 Å². The second-order valence-electron chi connectivity index (χ2n) is 5.27. The van der Waals surface area contributed by atoms with E-state index < -0.39 is 15.7 Å². The van der Waals surface area contributed by atoms with Crippen LogP contribution in [0.5, 0.6) is 0 Å². The molecular weight excluding hydrogens is 298 g/mol. The average molecular weight is 315 g/mol. The van der Waals surface area contributed by atoms with Gasteiger partial charge in [-0.15, -0.1) is 0 Å². The smallest absolute Gasteiger partial charge is 0.340 e. The van der Waals surface area contributed by atoms with Gasteiger partial charge in [0.05, 0.1) is 32.5 Å². The minimum Gasteiger partial charge on any atom is -0.462 e. The Balaban J connectivity index is 2.37. The van der Waals surface area contributed by atoms with Crippen molar-refractivity contribution in [3.8, 4) is 0 Å². The summed E-state index contributed by atoms with van der Waals surface area (Å²) in [6.45, 7) is 3.76. The highest BCUT2D eigenvalue weighted by Gasteiger charge is 2.28. The van der Waals surface area contributed by atoms with Crippen LogP contribution in [-0.2, 0) is 19.3 Å². The summed E-state index contributed by atoms with van der Waals surface area (Å²) in [5, 5.41) is 1.97. The summed E-state index contributed by atoms with van der Waals surface area (Å²) in [4.78, 5) is 12.9. The molecular formula is C17H17NO3S. The zero-order chi connectivity index (χ0) is 15.9. The fourth-order valence-electron chi connectivity index (χ4n) is 2.74. The van der Waals surface area contributed by atoms with Gasteiger partial charge >= 0.3 is 5.97 Å². The van der Waals surface area contributed by atoms with Gasteiger partial charge in [-0.2, -0.15) is 4.36 Å². The topological polar surface area (TPSA) is 55.7 Å². The molecule has 3 rings (SSSR count). The van der Waals surface area contributed by atoms with Gasteiger partial charge < -0.3 is 4.74 Å². The summed E-state index contributed by atoms with van der Waals surface area (Å²) < 4.78 is 22.2. The Bertz CT molecular complexity index is 934. The van der Waals surface area contributed by atoms with Crippen LogP contribution in [0.3, 0.4) is 0 Å². The summed E-state index contributed by atoms with van der Waals surface area (Å²) in [6.07, 6.45) is 1.60. The number of allylic oxidation sites excluding steroid dienone is 1. The van der Waals surface area contributed by atoms with Crippen molar-refractivity contribution in [2.75, 3.05) is 12.9 Å². The Morgan fingerprint density at radius 2 is 1.86 bits per heavy atom. The molecule has 0 saturated carbocycles. The molecule has 2 aromatic carbocycles. The van der Waals surface area contributed by atoms with Crippen molar-refractivity contribution in [2.45, 2.75) is 18.7 Å². The third-order valence-electron chi connectivity index (χ3n) is 3.68. The predicted octanol–water partition coefficient (Wildman–Crippen LogP) is 3.60. The predicted molar refractivity (Wildman–Crippen MR) is 87.9 cm³/mol. The molecule has 0 fully saturated rings. The highest BCUT2D eigenvalue weighted by atomic mass is 32.2. The van der Waals surface area contributed by atoms with E-state index >= 15 is 0 Å². The first-order valence-corrected chi connectivity index (χ1v) is 8.99. The first kappa shape index (κ1) is 14.8. The van der Waals surface area contributed by atoms with E-state index in [0.717, 1.165) is 10.8 Å². The van der Waals surface area contributed by atoms with Crippen molar-refractivity contribution >= 4 is 32.0 Å². The molecule has 5 heteroatoms. The Morgan fingerprint density at radius 1 is 1.23 bits per heavy atom. The van der Waals surface area contributed by atoms with Crippen molar-refractivity contribution in [3.63, 3.8) is 0 Å². The van der Waals surface area contributed by atoms with Crippen molar-refractivity contribution in [2.24, 2.45) is 4.36 Å². The number of ether oxygens (including phenoxy) is 1. The number of esters is 1. The van der Waals surface area contributed by atoms with Crippen molar-refractivity contribution in [1.82, 2.24) is 0 Å². The standard InChI is InChI=1S/C17H17NO3S/c1-4-21-17(19)16-11(2)18-22(3,20)15-10-13-8-6-5-7-12(13)9-14(15)16/h5-10H,4H2,1-3H3. The molecule has 114 valence electrons. The number of benzene rings is 2. The maximum Gasteiger partial charge on any atom is 0.340 e. The van der Waals surface area contributed by atoms with Crippen LogP contribution >= 0.6 is 0 Å². The van der Waals surface area contributed by atoms with E-state index in [2.05, 4.69) is 4.36 Å². The molecule has 4 nitrogen and oxygen atoms in total. The lowest BCUT2D eigenvalue weighted by molar-refractivity contribution is -0.136. The molecule has 1 unspecified atom stereocenters. The third kappa shape index (κ3) is 2.31. The molecule has 0 N–H and O–H groups in total. The number of rotatable bonds is 2. The van der Waals surface area contributed by atoms with Gasteiger partial charge in [-0.3, -0.25) is 0 Å². The molecule has 0 amide bonds. The molecule has 1 aliphatic heterocycles. The zero-order valence-corrected chi connectivity index (χ0v) is 13.6. The quantitative estimate of drug-likeness (QED) is 0.796. The van der Waals surface area contributed by atoms with Crippen LogP contribution < -0.4 is 0 Å².